The monoisotopic (exact) mass is 325 g/mol. The van der Waals surface area contributed by atoms with E-state index in [1.54, 1.807) is 19.9 Å². The molecule has 0 N–H and O–H groups in total. The van der Waals surface area contributed by atoms with Gasteiger partial charge in [-0.3, -0.25) is 0 Å². The lowest BCUT2D eigenvalue weighted by molar-refractivity contribution is -0.137. The third-order valence-electron chi connectivity index (χ3n) is 3.35. The quantitative estimate of drug-likeness (QED) is 0.608. The van der Waals surface area contributed by atoms with Crippen LogP contribution in [-0.4, -0.2) is 14.6 Å². The fourth-order valence-corrected chi connectivity index (χ4v) is 2.64. The molecule has 2 heterocycles. The third kappa shape index (κ3) is 2.43. The average Bonchev–Trinajstić information content (AvgIpc) is 2.74. The summed E-state index contributed by atoms with van der Waals surface area (Å²) in [6.07, 6.45) is -4.35. The van der Waals surface area contributed by atoms with Crippen LogP contribution in [0.5, 0.6) is 0 Å². The van der Waals surface area contributed by atoms with Crippen molar-refractivity contribution in [3.8, 4) is 11.1 Å². The second kappa shape index (κ2) is 4.98. The zero-order valence-electron chi connectivity index (χ0n) is 11.7. The van der Waals surface area contributed by atoms with Crippen molar-refractivity contribution in [2.45, 2.75) is 20.0 Å². The number of benzene rings is 1. The number of alkyl halides is 3. The Morgan fingerprint density at radius 1 is 1.09 bits per heavy atom. The lowest BCUT2D eigenvalue weighted by Crippen LogP contribution is -2.04. The van der Waals surface area contributed by atoms with Crippen LogP contribution in [0.15, 0.2) is 30.3 Å². The normalized spacial score (nSPS) is 12.1. The van der Waals surface area contributed by atoms with Crippen LogP contribution in [0.4, 0.5) is 13.2 Å². The van der Waals surface area contributed by atoms with Gasteiger partial charge < -0.3 is 0 Å². The molecule has 0 saturated carbocycles. The Morgan fingerprint density at radius 3 is 2.32 bits per heavy atom. The molecule has 3 rings (SSSR count). The van der Waals surface area contributed by atoms with Gasteiger partial charge in [-0.15, -0.1) is 0 Å². The molecule has 0 aliphatic rings. The Hall–Kier alpha value is -2.08. The van der Waals surface area contributed by atoms with Crippen molar-refractivity contribution in [1.82, 2.24) is 14.6 Å². The Labute approximate surface area is 129 Å². The SMILES string of the molecule is Cc1cc(Cl)n2nc(C)c(-c3ccc(C(F)(F)F)cc3)c2n1. The van der Waals surface area contributed by atoms with Gasteiger partial charge in [0.2, 0.25) is 0 Å². The molecular weight excluding hydrogens is 315 g/mol. The smallest absolute Gasteiger partial charge is 0.233 e. The summed E-state index contributed by atoms with van der Waals surface area (Å²) in [5, 5.41) is 4.71. The standard InChI is InChI=1S/C15H11ClF3N3/c1-8-7-12(16)22-14(20-8)13(9(2)21-22)10-3-5-11(6-4-10)15(17,18)19/h3-7H,1-2H3. The predicted molar refractivity (Wildman–Crippen MR) is 77.9 cm³/mol. The summed E-state index contributed by atoms with van der Waals surface area (Å²) in [5.74, 6) is 0. The van der Waals surface area contributed by atoms with E-state index in [2.05, 4.69) is 10.1 Å². The van der Waals surface area contributed by atoms with Crippen molar-refractivity contribution in [2.75, 3.05) is 0 Å². The number of halogens is 4. The van der Waals surface area contributed by atoms with Gasteiger partial charge >= 0.3 is 6.18 Å². The van der Waals surface area contributed by atoms with Crippen LogP contribution in [0.3, 0.4) is 0 Å². The molecule has 0 unspecified atom stereocenters. The highest BCUT2D eigenvalue weighted by molar-refractivity contribution is 6.29. The second-order valence-electron chi connectivity index (χ2n) is 4.99. The van der Waals surface area contributed by atoms with Crippen LogP contribution in [0, 0.1) is 13.8 Å². The summed E-state index contributed by atoms with van der Waals surface area (Å²) in [4.78, 5) is 4.40. The Morgan fingerprint density at radius 2 is 1.73 bits per heavy atom. The molecule has 2 aromatic heterocycles. The van der Waals surface area contributed by atoms with Crippen LogP contribution in [0.25, 0.3) is 16.8 Å². The third-order valence-corrected chi connectivity index (χ3v) is 3.62. The second-order valence-corrected chi connectivity index (χ2v) is 5.38. The Bertz CT molecular complexity index is 851. The maximum atomic E-state index is 12.7. The topological polar surface area (TPSA) is 30.2 Å². The fraction of sp³-hybridized carbons (Fsp3) is 0.200. The number of aromatic nitrogens is 3. The first-order valence-electron chi connectivity index (χ1n) is 6.47. The summed E-state index contributed by atoms with van der Waals surface area (Å²) >= 11 is 6.13. The van der Waals surface area contributed by atoms with Crippen molar-refractivity contribution < 1.29 is 13.2 Å². The van der Waals surface area contributed by atoms with E-state index in [1.165, 1.54) is 16.6 Å². The molecule has 114 valence electrons. The molecule has 0 saturated heterocycles. The van der Waals surface area contributed by atoms with Gasteiger partial charge in [0.1, 0.15) is 5.15 Å². The molecule has 0 bridgehead atoms. The van der Waals surface area contributed by atoms with Gasteiger partial charge in [0.05, 0.1) is 11.3 Å². The van der Waals surface area contributed by atoms with Crippen LogP contribution in [0.2, 0.25) is 5.15 Å². The first-order chi connectivity index (χ1) is 10.3. The van der Waals surface area contributed by atoms with Crippen LogP contribution < -0.4 is 0 Å². The van der Waals surface area contributed by atoms with Crippen LogP contribution in [-0.2, 0) is 6.18 Å². The summed E-state index contributed by atoms with van der Waals surface area (Å²) in [7, 11) is 0. The maximum Gasteiger partial charge on any atom is 0.416 e. The first-order valence-corrected chi connectivity index (χ1v) is 6.85. The molecule has 3 nitrogen and oxygen atoms in total. The lowest BCUT2D eigenvalue weighted by atomic mass is 10.0. The van der Waals surface area contributed by atoms with Crippen molar-refractivity contribution in [3.63, 3.8) is 0 Å². The highest BCUT2D eigenvalue weighted by Crippen LogP contribution is 2.33. The van der Waals surface area contributed by atoms with E-state index >= 15 is 0 Å². The van der Waals surface area contributed by atoms with Crippen LogP contribution in [0.1, 0.15) is 17.0 Å². The van der Waals surface area contributed by atoms with E-state index in [4.69, 9.17) is 11.6 Å². The highest BCUT2D eigenvalue weighted by Gasteiger charge is 2.30. The van der Waals surface area contributed by atoms with E-state index < -0.39 is 11.7 Å². The minimum atomic E-state index is -4.35. The largest absolute Gasteiger partial charge is 0.416 e. The van der Waals surface area contributed by atoms with Gasteiger partial charge in [-0.1, -0.05) is 23.7 Å². The minimum absolute atomic E-state index is 0.406. The molecule has 0 amide bonds. The number of hydrogen-bond acceptors (Lipinski definition) is 2. The van der Waals surface area contributed by atoms with Crippen LogP contribution >= 0.6 is 11.6 Å². The van der Waals surface area contributed by atoms with Gasteiger partial charge in [0.25, 0.3) is 0 Å². The van der Waals surface area contributed by atoms with Gasteiger partial charge in [-0.05, 0) is 37.6 Å². The highest BCUT2D eigenvalue weighted by atomic mass is 35.5. The molecule has 0 radical (unpaired) electrons. The lowest BCUT2D eigenvalue weighted by Gasteiger charge is -2.07. The molecular formula is C15H11ClF3N3. The van der Waals surface area contributed by atoms with Gasteiger partial charge in [-0.2, -0.15) is 18.3 Å². The zero-order chi connectivity index (χ0) is 16.1. The average molecular weight is 326 g/mol. The van der Waals surface area contributed by atoms with E-state index in [9.17, 15) is 13.2 Å². The minimum Gasteiger partial charge on any atom is -0.233 e. The van der Waals surface area contributed by atoms with Crippen molar-refractivity contribution in [2.24, 2.45) is 0 Å². The molecule has 3 aromatic rings. The van der Waals surface area contributed by atoms with Crippen molar-refractivity contribution in [3.05, 3.63) is 52.4 Å². The Balaban J connectivity index is 2.20. The summed E-state index contributed by atoms with van der Waals surface area (Å²) in [5.41, 5.74) is 2.51. The summed E-state index contributed by atoms with van der Waals surface area (Å²) in [6, 6.07) is 6.62. The van der Waals surface area contributed by atoms with E-state index in [1.807, 2.05) is 0 Å². The maximum absolute atomic E-state index is 12.7. The molecule has 0 atom stereocenters. The van der Waals surface area contributed by atoms with Gasteiger partial charge in [0, 0.05) is 11.3 Å². The fourth-order valence-electron chi connectivity index (χ4n) is 2.36. The predicted octanol–water partition coefficient (Wildman–Crippen LogP) is 4.69. The van der Waals surface area contributed by atoms with E-state index in [0.717, 1.165) is 12.1 Å². The van der Waals surface area contributed by atoms with E-state index in [0.29, 0.717) is 33.3 Å². The van der Waals surface area contributed by atoms with Gasteiger partial charge in [0.15, 0.2) is 5.65 Å². The molecule has 0 fully saturated rings. The molecule has 0 aliphatic carbocycles. The van der Waals surface area contributed by atoms with Gasteiger partial charge in [-0.25, -0.2) is 9.50 Å². The van der Waals surface area contributed by atoms with Crippen molar-refractivity contribution in [1.29, 1.82) is 0 Å². The molecule has 0 spiro atoms. The van der Waals surface area contributed by atoms with Crippen molar-refractivity contribution >= 4 is 17.2 Å². The molecule has 7 heteroatoms. The molecule has 22 heavy (non-hydrogen) atoms. The summed E-state index contributed by atoms with van der Waals surface area (Å²) in [6.45, 7) is 3.57. The molecule has 1 aromatic carbocycles. The zero-order valence-corrected chi connectivity index (χ0v) is 12.5. The summed E-state index contributed by atoms with van der Waals surface area (Å²) < 4.78 is 39.4. The number of rotatable bonds is 1. The number of aryl methyl sites for hydroxylation is 2. The first kappa shape index (κ1) is 14.8. The number of hydrogen-bond donors (Lipinski definition) is 0. The number of nitrogens with zero attached hydrogens (tertiary/aromatic N) is 3. The Kier molecular flexibility index (Phi) is 3.36. The van der Waals surface area contributed by atoms with E-state index in [-0.39, 0.29) is 0 Å². The molecule has 0 aliphatic heterocycles. The number of fused-ring (bicyclic) bond motifs is 1.